The normalized spacial score (nSPS) is 11.5. The van der Waals surface area contributed by atoms with Gasteiger partial charge in [-0.05, 0) is 29.8 Å². The van der Waals surface area contributed by atoms with Crippen LogP contribution in [-0.2, 0) is 7.05 Å². The van der Waals surface area contributed by atoms with Gasteiger partial charge in [0.2, 0.25) is 5.28 Å². The third kappa shape index (κ3) is 2.71. The lowest BCUT2D eigenvalue weighted by Gasteiger charge is -2.11. The lowest BCUT2D eigenvalue weighted by Crippen LogP contribution is -2.24. The van der Waals surface area contributed by atoms with Gasteiger partial charge in [0, 0.05) is 17.6 Å². The van der Waals surface area contributed by atoms with Crippen LogP contribution in [0, 0.1) is 5.82 Å². The van der Waals surface area contributed by atoms with Gasteiger partial charge in [0.25, 0.3) is 12.0 Å². The highest BCUT2D eigenvalue weighted by Gasteiger charge is 2.22. The van der Waals surface area contributed by atoms with Gasteiger partial charge >= 0.3 is 0 Å². The zero-order valence-electron chi connectivity index (χ0n) is 11.9. The summed E-state index contributed by atoms with van der Waals surface area (Å²) in [5.74, 6) is -1.55. The summed E-state index contributed by atoms with van der Waals surface area (Å²) in [4.78, 5) is 23.6. The summed E-state index contributed by atoms with van der Waals surface area (Å²) in [6, 6.07) is 3.70. The summed E-state index contributed by atoms with van der Waals surface area (Å²) in [7, 11) is 1.13. The second-order valence-electron chi connectivity index (χ2n) is 4.80. The Labute approximate surface area is 142 Å². The summed E-state index contributed by atoms with van der Waals surface area (Å²) in [5.41, 5.74) is -1.64. The summed E-state index contributed by atoms with van der Waals surface area (Å²) >= 11 is 11.5. The molecule has 2 aromatic heterocycles. The molecule has 0 atom stereocenters. The summed E-state index contributed by atoms with van der Waals surface area (Å²) in [5, 5.41) is -0.201. The number of halogens is 5. The molecule has 0 amide bonds. The first kappa shape index (κ1) is 16.7. The predicted octanol–water partition coefficient (Wildman–Crippen LogP) is 3.77. The molecular formula is C14H7Cl2F3N4O. The van der Waals surface area contributed by atoms with Crippen LogP contribution in [0.4, 0.5) is 13.2 Å². The van der Waals surface area contributed by atoms with E-state index < -0.39 is 23.6 Å². The number of aromatic nitrogens is 4. The van der Waals surface area contributed by atoms with E-state index in [1.807, 2.05) is 0 Å². The van der Waals surface area contributed by atoms with Crippen molar-refractivity contribution in [3.05, 3.63) is 50.5 Å². The molecule has 10 heteroatoms. The molecule has 3 rings (SSSR count). The van der Waals surface area contributed by atoms with Gasteiger partial charge in [-0.25, -0.2) is 28.1 Å². The highest BCUT2D eigenvalue weighted by Crippen LogP contribution is 2.29. The standard InChI is InChI=1S/C14H7Cl2F3N4O/c1-23-12(11(18)19)20-9-8(6-3-2-5(15)4-7(6)17)21-14(16)22-10(9)13(23)24/h2-4,11H,1H3. The van der Waals surface area contributed by atoms with E-state index >= 15 is 0 Å². The Morgan fingerprint density at radius 2 is 1.83 bits per heavy atom. The van der Waals surface area contributed by atoms with E-state index in [0.717, 1.165) is 13.1 Å². The second-order valence-corrected chi connectivity index (χ2v) is 5.57. The lowest BCUT2D eigenvalue weighted by molar-refractivity contribution is 0.135. The average molecular weight is 375 g/mol. The number of nitrogens with zero attached hydrogens (tertiary/aromatic N) is 4. The zero-order valence-corrected chi connectivity index (χ0v) is 13.4. The van der Waals surface area contributed by atoms with Crippen molar-refractivity contribution in [2.45, 2.75) is 6.43 Å². The smallest absolute Gasteiger partial charge is 0.293 e. The zero-order chi connectivity index (χ0) is 17.6. The van der Waals surface area contributed by atoms with E-state index in [0.29, 0.717) is 4.57 Å². The Morgan fingerprint density at radius 1 is 1.12 bits per heavy atom. The van der Waals surface area contributed by atoms with Crippen LogP contribution >= 0.6 is 23.2 Å². The van der Waals surface area contributed by atoms with E-state index in [4.69, 9.17) is 23.2 Å². The van der Waals surface area contributed by atoms with Crippen molar-refractivity contribution < 1.29 is 13.2 Å². The fourth-order valence-electron chi connectivity index (χ4n) is 2.20. The average Bonchev–Trinajstić information content (AvgIpc) is 2.50. The number of rotatable bonds is 2. The fourth-order valence-corrected chi connectivity index (χ4v) is 2.53. The maximum atomic E-state index is 14.2. The quantitative estimate of drug-likeness (QED) is 0.640. The monoisotopic (exact) mass is 374 g/mol. The molecule has 0 fully saturated rings. The number of benzene rings is 1. The maximum absolute atomic E-state index is 14.2. The van der Waals surface area contributed by atoms with E-state index in [9.17, 15) is 18.0 Å². The van der Waals surface area contributed by atoms with E-state index in [2.05, 4.69) is 15.0 Å². The Hall–Kier alpha value is -2.19. The summed E-state index contributed by atoms with van der Waals surface area (Å²) < 4.78 is 41.1. The number of alkyl halides is 2. The molecule has 0 N–H and O–H groups in total. The van der Waals surface area contributed by atoms with Crippen molar-refractivity contribution in [3.63, 3.8) is 0 Å². The first-order valence-corrected chi connectivity index (χ1v) is 7.23. The molecule has 0 aliphatic heterocycles. The molecule has 0 saturated heterocycles. The first-order valence-electron chi connectivity index (χ1n) is 6.47. The Balaban J connectivity index is 2.46. The van der Waals surface area contributed by atoms with Gasteiger partial charge in [0.1, 0.15) is 17.0 Å². The minimum atomic E-state index is -3.01. The van der Waals surface area contributed by atoms with Crippen molar-refractivity contribution in [3.8, 4) is 11.3 Å². The highest BCUT2D eigenvalue weighted by molar-refractivity contribution is 6.30. The first-order chi connectivity index (χ1) is 11.3. The number of hydrogen-bond donors (Lipinski definition) is 0. The molecule has 24 heavy (non-hydrogen) atoms. The topological polar surface area (TPSA) is 60.7 Å². The van der Waals surface area contributed by atoms with Crippen LogP contribution in [0.25, 0.3) is 22.3 Å². The molecule has 2 heterocycles. The molecule has 3 aromatic rings. The van der Waals surface area contributed by atoms with E-state index in [1.165, 1.54) is 12.1 Å². The molecule has 0 radical (unpaired) electrons. The van der Waals surface area contributed by atoms with Gasteiger partial charge in [-0.2, -0.15) is 0 Å². The van der Waals surface area contributed by atoms with Crippen molar-refractivity contribution in [2.24, 2.45) is 7.05 Å². The van der Waals surface area contributed by atoms with Gasteiger partial charge in [-0.15, -0.1) is 0 Å². The Kier molecular flexibility index (Phi) is 4.18. The molecule has 1 aromatic carbocycles. The van der Waals surface area contributed by atoms with Crippen LogP contribution in [-0.4, -0.2) is 19.5 Å². The third-order valence-corrected chi connectivity index (χ3v) is 3.72. The molecule has 5 nitrogen and oxygen atoms in total. The molecule has 0 bridgehead atoms. The lowest BCUT2D eigenvalue weighted by atomic mass is 10.1. The fraction of sp³-hybridized carbons (Fsp3) is 0.143. The van der Waals surface area contributed by atoms with Crippen molar-refractivity contribution in [1.29, 1.82) is 0 Å². The maximum Gasteiger partial charge on any atom is 0.295 e. The minimum absolute atomic E-state index is 0.0883. The van der Waals surface area contributed by atoms with Gasteiger partial charge in [-0.3, -0.25) is 9.36 Å². The molecule has 0 spiro atoms. The van der Waals surface area contributed by atoms with E-state index in [-0.39, 0.29) is 32.6 Å². The van der Waals surface area contributed by atoms with Crippen molar-refractivity contribution in [1.82, 2.24) is 19.5 Å². The minimum Gasteiger partial charge on any atom is -0.293 e. The second kappa shape index (κ2) is 6.03. The Bertz CT molecular complexity index is 1020. The van der Waals surface area contributed by atoms with Gasteiger partial charge in [-0.1, -0.05) is 11.6 Å². The van der Waals surface area contributed by atoms with Gasteiger partial charge in [0.15, 0.2) is 11.3 Å². The summed E-state index contributed by atoms with van der Waals surface area (Å²) in [6.07, 6.45) is -3.01. The molecule has 0 unspecified atom stereocenters. The Morgan fingerprint density at radius 3 is 2.46 bits per heavy atom. The van der Waals surface area contributed by atoms with Gasteiger partial charge < -0.3 is 0 Å². The van der Waals surface area contributed by atoms with E-state index in [1.54, 1.807) is 0 Å². The molecule has 0 aliphatic carbocycles. The van der Waals surface area contributed by atoms with Crippen LogP contribution < -0.4 is 5.56 Å². The molecule has 0 aliphatic rings. The highest BCUT2D eigenvalue weighted by atomic mass is 35.5. The molecular weight excluding hydrogens is 368 g/mol. The van der Waals surface area contributed by atoms with Crippen molar-refractivity contribution >= 4 is 34.2 Å². The van der Waals surface area contributed by atoms with Crippen LogP contribution in [0.5, 0.6) is 0 Å². The molecule has 0 saturated carbocycles. The molecule has 124 valence electrons. The van der Waals surface area contributed by atoms with Crippen LogP contribution in [0.1, 0.15) is 12.2 Å². The summed E-state index contributed by atoms with van der Waals surface area (Å²) in [6.45, 7) is 0. The van der Waals surface area contributed by atoms with Gasteiger partial charge in [0.05, 0.1) is 0 Å². The third-order valence-electron chi connectivity index (χ3n) is 3.32. The number of hydrogen-bond acceptors (Lipinski definition) is 4. The SMILES string of the molecule is Cn1c(C(F)F)nc2c(-c3ccc(Cl)cc3F)nc(Cl)nc2c1=O. The van der Waals surface area contributed by atoms with Crippen LogP contribution in [0.3, 0.4) is 0 Å². The van der Waals surface area contributed by atoms with Crippen LogP contribution in [0.15, 0.2) is 23.0 Å². The number of fused-ring (bicyclic) bond motifs is 1. The largest absolute Gasteiger partial charge is 0.295 e. The predicted molar refractivity (Wildman–Crippen MR) is 82.9 cm³/mol. The van der Waals surface area contributed by atoms with Crippen molar-refractivity contribution in [2.75, 3.05) is 0 Å². The van der Waals surface area contributed by atoms with Crippen LogP contribution in [0.2, 0.25) is 10.3 Å².